The zero-order valence-electron chi connectivity index (χ0n) is 16.7. The summed E-state index contributed by atoms with van der Waals surface area (Å²) in [5.41, 5.74) is 0.406. The Kier molecular flexibility index (Phi) is 7.88. The first kappa shape index (κ1) is 23.0. The number of sulfonamides is 1. The molecule has 31 heavy (non-hydrogen) atoms. The van der Waals surface area contributed by atoms with Crippen LogP contribution in [0.3, 0.4) is 0 Å². The van der Waals surface area contributed by atoms with Gasteiger partial charge in [-0.1, -0.05) is 31.0 Å². The maximum Gasteiger partial charge on any atom is 0.319 e. The van der Waals surface area contributed by atoms with E-state index >= 15 is 0 Å². The van der Waals surface area contributed by atoms with E-state index in [-0.39, 0.29) is 23.7 Å². The molecular weight excluding hydrogens is 440 g/mol. The van der Waals surface area contributed by atoms with Crippen LogP contribution >= 0.6 is 11.8 Å². The number of nitro benzene ring substituents is 1. The van der Waals surface area contributed by atoms with Crippen molar-refractivity contribution in [3.05, 3.63) is 58.6 Å². The molecular formula is C20H24N4O5S2. The molecule has 0 saturated heterocycles. The minimum absolute atomic E-state index is 0.0535. The minimum atomic E-state index is -3.92. The topological polar surface area (TPSA) is 130 Å². The number of hydrogen-bond acceptors (Lipinski definition) is 6. The lowest BCUT2D eigenvalue weighted by atomic mass is 10.3. The Labute approximate surface area is 185 Å². The van der Waals surface area contributed by atoms with Gasteiger partial charge in [-0.05, 0) is 31.0 Å². The molecule has 9 nitrogen and oxygen atoms in total. The number of nitrogens with zero attached hydrogens (tertiary/aromatic N) is 1. The van der Waals surface area contributed by atoms with Crippen molar-refractivity contribution in [2.75, 3.05) is 18.4 Å². The fourth-order valence-electron chi connectivity index (χ4n) is 3.23. The van der Waals surface area contributed by atoms with Gasteiger partial charge in [0.2, 0.25) is 10.0 Å². The molecule has 0 bridgehead atoms. The SMILES string of the molecule is O=C(NCCNS(=O)(=O)c1cccc([N+](=O)[O-])c1)Nc1ccccc1SC1CCCC1. The van der Waals surface area contributed by atoms with Crippen LogP contribution in [0.2, 0.25) is 0 Å². The molecule has 2 aromatic rings. The van der Waals surface area contributed by atoms with E-state index in [9.17, 15) is 23.3 Å². The van der Waals surface area contributed by atoms with Gasteiger partial charge in [0.05, 0.1) is 15.5 Å². The number of thioether (sulfide) groups is 1. The molecule has 1 saturated carbocycles. The zero-order chi connectivity index (χ0) is 22.3. The number of carbonyl (C=O) groups is 1. The van der Waals surface area contributed by atoms with E-state index in [4.69, 9.17) is 0 Å². The third kappa shape index (κ3) is 6.68. The van der Waals surface area contributed by atoms with Gasteiger partial charge in [-0.15, -0.1) is 11.8 Å². The molecule has 0 aromatic heterocycles. The van der Waals surface area contributed by atoms with E-state index in [1.165, 1.54) is 43.9 Å². The molecule has 3 rings (SSSR count). The summed E-state index contributed by atoms with van der Waals surface area (Å²) in [4.78, 5) is 23.2. The lowest BCUT2D eigenvalue weighted by Gasteiger charge is -2.14. The van der Waals surface area contributed by atoms with Crippen LogP contribution < -0.4 is 15.4 Å². The average molecular weight is 465 g/mol. The van der Waals surface area contributed by atoms with Crippen LogP contribution in [0.15, 0.2) is 58.3 Å². The molecule has 0 unspecified atom stereocenters. The smallest absolute Gasteiger partial charge is 0.319 e. The van der Waals surface area contributed by atoms with Gasteiger partial charge in [0.25, 0.3) is 5.69 Å². The van der Waals surface area contributed by atoms with Crippen molar-refractivity contribution < 1.29 is 18.1 Å². The Hall–Kier alpha value is -2.63. The molecule has 1 fully saturated rings. The predicted octanol–water partition coefficient (Wildman–Crippen LogP) is 3.73. The maximum atomic E-state index is 12.3. The van der Waals surface area contributed by atoms with Crippen molar-refractivity contribution in [1.82, 2.24) is 10.0 Å². The first-order valence-corrected chi connectivity index (χ1v) is 12.3. The van der Waals surface area contributed by atoms with Gasteiger partial charge in [-0.3, -0.25) is 10.1 Å². The third-order valence-electron chi connectivity index (χ3n) is 4.77. The van der Waals surface area contributed by atoms with E-state index in [1.54, 1.807) is 11.8 Å². The fourth-order valence-corrected chi connectivity index (χ4v) is 5.64. The number of benzene rings is 2. The lowest BCUT2D eigenvalue weighted by Crippen LogP contribution is -2.36. The summed E-state index contributed by atoms with van der Waals surface area (Å²) >= 11 is 1.77. The Bertz CT molecular complexity index is 1040. The highest BCUT2D eigenvalue weighted by molar-refractivity contribution is 8.00. The van der Waals surface area contributed by atoms with E-state index in [0.29, 0.717) is 10.9 Å². The van der Waals surface area contributed by atoms with E-state index in [1.807, 2.05) is 24.3 Å². The summed E-state index contributed by atoms with van der Waals surface area (Å²) in [6.07, 6.45) is 4.83. The largest absolute Gasteiger partial charge is 0.337 e. The second kappa shape index (κ2) is 10.6. The van der Waals surface area contributed by atoms with E-state index in [0.717, 1.165) is 11.0 Å². The van der Waals surface area contributed by atoms with Gasteiger partial charge in [0, 0.05) is 35.4 Å². The number of amides is 2. The summed E-state index contributed by atoms with van der Waals surface area (Å²) in [7, 11) is -3.92. The van der Waals surface area contributed by atoms with Gasteiger partial charge >= 0.3 is 6.03 Å². The number of anilines is 1. The number of hydrogen-bond donors (Lipinski definition) is 3. The molecule has 11 heteroatoms. The summed E-state index contributed by atoms with van der Waals surface area (Å²) in [5, 5.41) is 16.8. The molecule has 0 atom stereocenters. The molecule has 0 heterocycles. The summed E-state index contributed by atoms with van der Waals surface area (Å²) in [5.74, 6) is 0. The summed E-state index contributed by atoms with van der Waals surface area (Å²) in [6.45, 7) is -0.00512. The summed E-state index contributed by atoms with van der Waals surface area (Å²) in [6, 6.07) is 11.9. The second-order valence-corrected chi connectivity index (χ2v) is 10.2. The van der Waals surface area contributed by atoms with E-state index in [2.05, 4.69) is 15.4 Å². The van der Waals surface area contributed by atoms with Crippen molar-refractivity contribution >= 4 is 39.2 Å². The highest BCUT2D eigenvalue weighted by Crippen LogP contribution is 2.37. The number of rotatable bonds is 9. The van der Waals surface area contributed by atoms with Crippen LogP contribution in [0.25, 0.3) is 0 Å². The Morgan fingerprint density at radius 2 is 1.84 bits per heavy atom. The minimum Gasteiger partial charge on any atom is -0.337 e. The Morgan fingerprint density at radius 1 is 1.10 bits per heavy atom. The van der Waals surface area contributed by atoms with Crippen molar-refractivity contribution in [3.8, 4) is 0 Å². The van der Waals surface area contributed by atoms with Gasteiger partial charge in [0.1, 0.15) is 0 Å². The second-order valence-electron chi connectivity index (χ2n) is 7.05. The number of nitrogens with one attached hydrogen (secondary N) is 3. The molecule has 0 radical (unpaired) electrons. The van der Waals surface area contributed by atoms with Crippen molar-refractivity contribution in [1.29, 1.82) is 0 Å². The van der Waals surface area contributed by atoms with Gasteiger partial charge in [0.15, 0.2) is 0 Å². The highest BCUT2D eigenvalue weighted by atomic mass is 32.2. The van der Waals surface area contributed by atoms with Crippen LogP contribution in [0.4, 0.5) is 16.2 Å². The molecule has 2 amide bonds. The van der Waals surface area contributed by atoms with Crippen molar-refractivity contribution in [2.45, 2.75) is 40.7 Å². The lowest BCUT2D eigenvalue weighted by molar-refractivity contribution is -0.385. The van der Waals surface area contributed by atoms with Crippen molar-refractivity contribution in [2.24, 2.45) is 0 Å². The quantitative estimate of drug-likeness (QED) is 0.294. The summed E-state index contributed by atoms with van der Waals surface area (Å²) < 4.78 is 26.9. The molecule has 1 aliphatic carbocycles. The molecule has 166 valence electrons. The average Bonchev–Trinajstić information content (AvgIpc) is 3.26. The highest BCUT2D eigenvalue weighted by Gasteiger charge is 2.19. The Balaban J connectivity index is 1.48. The normalized spacial score (nSPS) is 14.3. The first-order chi connectivity index (χ1) is 14.8. The van der Waals surface area contributed by atoms with Crippen LogP contribution in [-0.2, 0) is 10.0 Å². The van der Waals surface area contributed by atoms with Crippen molar-refractivity contribution in [3.63, 3.8) is 0 Å². The molecule has 0 aliphatic heterocycles. The molecule has 2 aromatic carbocycles. The zero-order valence-corrected chi connectivity index (χ0v) is 18.4. The molecule has 1 aliphatic rings. The number of nitro groups is 1. The number of carbonyl (C=O) groups excluding carboxylic acids is 1. The van der Waals surface area contributed by atoms with Gasteiger partial charge in [-0.2, -0.15) is 0 Å². The first-order valence-electron chi connectivity index (χ1n) is 9.90. The van der Waals surface area contributed by atoms with Crippen LogP contribution in [0.1, 0.15) is 25.7 Å². The van der Waals surface area contributed by atoms with Crippen LogP contribution in [-0.4, -0.2) is 37.7 Å². The molecule has 3 N–H and O–H groups in total. The fraction of sp³-hybridized carbons (Fsp3) is 0.350. The number of non-ortho nitro benzene ring substituents is 1. The van der Waals surface area contributed by atoms with Gasteiger partial charge in [-0.25, -0.2) is 17.9 Å². The standard InChI is InChI=1S/C20H24N4O5S2/c25-20(23-18-10-3-4-11-19(18)30-16-7-1-2-8-16)21-12-13-22-31(28,29)17-9-5-6-15(14-17)24(26)27/h3-6,9-11,14,16,22H,1-2,7-8,12-13H2,(H2,21,23,25). The number of urea groups is 1. The number of para-hydroxylation sites is 1. The maximum absolute atomic E-state index is 12.3. The monoisotopic (exact) mass is 464 g/mol. The molecule has 0 spiro atoms. The van der Waals surface area contributed by atoms with Crippen LogP contribution in [0, 0.1) is 10.1 Å². The van der Waals surface area contributed by atoms with Crippen LogP contribution in [0.5, 0.6) is 0 Å². The van der Waals surface area contributed by atoms with E-state index < -0.39 is 21.0 Å². The third-order valence-corrected chi connectivity index (χ3v) is 7.65. The predicted molar refractivity (Wildman–Crippen MR) is 120 cm³/mol. The Morgan fingerprint density at radius 3 is 2.58 bits per heavy atom. The van der Waals surface area contributed by atoms with Gasteiger partial charge < -0.3 is 10.6 Å².